The Morgan fingerprint density at radius 3 is 2.68 bits per heavy atom. The molecule has 2 saturated heterocycles. The number of hydrogen-bond donors (Lipinski definition) is 1. The number of aromatic nitrogens is 1. The zero-order chi connectivity index (χ0) is 19.1. The summed E-state index contributed by atoms with van der Waals surface area (Å²) in [4.78, 5) is 25.2. The van der Waals surface area contributed by atoms with Crippen LogP contribution in [0.15, 0.2) is 23.3 Å². The van der Waals surface area contributed by atoms with Gasteiger partial charge in [0.15, 0.2) is 5.96 Å². The number of halogens is 1. The number of aliphatic imine (C=N–C) groups is 1. The van der Waals surface area contributed by atoms with Gasteiger partial charge in [-0.05, 0) is 18.9 Å². The van der Waals surface area contributed by atoms with Gasteiger partial charge in [0.2, 0.25) is 0 Å². The van der Waals surface area contributed by atoms with E-state index in [1.807, 2.05) is 12.3 Å². The number of guanidine groups is 1. The number of hydrogen-bond acceptors (Lipinski definition) is 6. The van der Waals surface area contributed by atoms with Crippen LogP contribution in [0.4, 0.5) is 5.82 Å². The van der Waals surface area contributed by atoms with Gasteiger partial charge in [-0.1, -0.05) is 6.07 Å². The third kappa shape index (κ3) is 5.69. The van der Waals surface area contributed by atoms with E-state index < -0.39 is 0 Å². The Balaban J connectivity index is 0.00000280. The number of likely N-dealkylation sites (tertiary alicyclic amines) is 1. The maximum Gasteiger partial charge on any atom is 0.308 e. The minimum Gasteiger partial charge on any atom is -0.469 e. The fourth-order valence-electron chi connectivity index (χ4n) is 3.63. The SMILES string of the molecule is CN=C(NCc1cccnc1N1CCOCC1)N1CCC(C(=O)OC)CC1.I. The van der Waals surface area contributed by atoms with Crippen molar-refractivity contribution in [2.45, 2.75) is 19.4 Å². The largest absolute Gasteiger partial charge is 0.469 e. The summed E-state index contributed by atoms with van der Waals surface area (Å²) in [5, 5.41) is 3.45. The Hall–Kier alpha value is -1.62. The molecule has 156 valence electrons. The van der Waals surface area contributed by atoms with Crippen LogP contribution in [0.3, 0.4) is 0 Å². The van der Waals surface area contributed by atoms with E-state index in [9.17, 15) is 4.79 Å². The van der Waals surface area contributed by atoms with E-state index in [1.165, 1.54) is 7.11 Å². The number of nitrogens with zero attached hydrogens (tertiary/aromatic N) is 4. The zero-order valence-electron chi connectivity index (χ0n) is 16.6. The summed E-state index contributed by atoms with van der Waals surface area (Å²) in [7, 11) is 3.25. The summed E-state index contributed by atoms with van der Waals surface area (Å²) in [5.41, 5.74) is 1.14. The van der Waals surface area contributed by atoms with Gasteiger partial charge in [0.1, 0.15) is 5.82 Å². The standard InChI is InChI=1S/C19H29N5O3.HI/c1-20-19(24-8-5-15(6-9-24)18(25)26-2)22-14-16-4-3-7-21-17(16)23-10-12-27-13-11-23;/h3-4,7,15H,5-6,8-14H2,1-2H3,(H,20,22);1H. The van der Waals surface area contributed by atoms with Crippen LogP contribution >= 0.6 is 24.0 Å². The van der Waals surface area contributed by atoms with Gasteiger partial charge in [0.05, 0.1) is 26.2 Å². The molecule has 8 nitrogen and oxygen atoms in total. The normalized spacial score (nSPS) is 18.4. The minimum atomic E-state index is -0.108. The second-order valence-electron chi connectivity index (χ2n) is 6.77. The number of piperidine rings is 1. The molecule has 0 bridgehead atoms. The highest BCUT2D eigenvalue weighted by atomic mass is 127. The summed E-state index contributed by atoms with van der Waals surface area (Å²) in [5.74, 6) is 1.75. The average Bonchev–Trinajstić information content (AvgIpc) is 2.75. The number of carbonyl (C=O) groups excluding carboxylic acids is 1. The molecule has 0 saturated carbocycles. The maximum atomic E-state index is 11.7. The number of carbonyl (C=O) groups is 1. The molecule has 0 atom stereocenters. The summed E-state index contributed by atoms with van der Waals surface area (Å²) < 4.78 is 10.3. The Kier molecular flexibility index (Phi) is 9.23. The van der Waals surface area contributed by atoms with E-state index in [1.54, 1.807) is 7.05 Å². The molecule has 2 fully saturated rings. The topological polar surface area (TPSA) is 79.3 Å². The van der Waals surface area contributed by atoms with Crippen molar-refractivity contribution < 1.29 is 14.3 Å². The third-order valence-electron chi connectivity index (χ3n) is 5.16. The Morgan fingerprint density at radius 2 is 2.04 bits per heavy atom. The molecule has 9 heteroatoms. The fourth-order valence-corrected chi connectivity index (χ4v) is 3.63. The quantitative estimate of drug-likeness (QED) is 0.289. The molecule has 0 aliphatic carbocycles. The van der Waals surface area contributed by atoms with Gasteiger partial charge in [-0.15, -0.1) is 24.0 Å². The number of morpholine rings is 1. The van der Waals surface area contributed by atoms with Crippen molar-refractivity contribution in [1.29, 1.82) is 0 Å². The van der Waals surface area contributed by atoms with E-state index in [0.29, 0.717) is 6.54 Å². The molecule has 1 N–H and O–H groups in total. The number of ether oxygens (including phenoxy) is 2. The second-order valence-corrected chi connectivity index (χ2v) is 6.77. The van der Waals surface area contributed by atoms with Gasteiger partial charge in [-0.3, -0.25) is 9.79 Å². The van der Waals surface area contributed by atoms with Crippen LogP contribution in [-0.4, -0.2) is 75.4 Å². The number of nitrogens with one attached hydrogen (secondary N) is 1. The first kappa shape index (κ1) is 22.7. The Labute approximate surface area is 183 Å². The van der Waals surface area contributed by atoms with E-state index in [4.69, 9.17) is 9.47 Å². The number of pyridine rings is 1. The highest BCUT2D eigenvalue weighted by Crippen LogP contribution is 2.20. The van der Waals surface area contributed by atoms with Crippen molar-refractivity contribution in [2.75, 3.05) is 58.5 Å². The number of rotatable bonds is 4. The lowest BCUT2D eigenvalue weighted by Gasteiger charge is -2.33. The predicted octanol–water partition coefficient (Wildman–Crippen LogP) is 1.50. The second kappa shape index (κ2) is 11.4. The van der Waals surface area contributed by atoms with Gasteiger partial charge in [-0.25, -0.2) is 4.98 Å². The molecule has 0 aromatic carbocycles. The van der Waals surface area contributed by atoms with Crippen LogP contribution in [0.1, 0.15) is 18.4 Å². The summed E-state index contributed by atoms with van der Waals surface area (Å²) >= 11 is 0. The van der Waals surface area contributed by atoms with E-state index >= 15 is 0 Å². The fraction of sp³-hybridized carbons (Fsp3) is 0.632. The number of anilines is 1. The van der Waals surface area contributed by atoms with Crippen LogP contribution in [0.2, 0.25) is 0 Å². The monoisotopic (exact) mass is 503 g/mol. The molecule has 28 heavy (non-hydrogen) atoms. The van der Waals surface area contributed by atoms with E-state index in [0.717, 1.165) is 69.6 Å². The summed E-state index contributed by atoms with van der Waals surface area (Å²) in [6.45, 7) is 5.44. The van der Waals surface area contributed by atoms with Crippen molar-refractivity contribution in [3.05, 3.63) is 23.9 Å². The lowest BCUT2D eigenvalue weighted by atomic mass is 9.97. The summed E-state index contributed by atoms with van der Waals surface area (Å²) in [6, 6.07) is 4.06. The average molecular weight is 503 g/mol. The van der Waals surface area contributed by atoms with Crippen molar-refractivity contribution >= 4 is 41.7 Å². The van der Waals surface area contributed by atoms with Crippen LogP contribution in [0.25, 0.3) is 0 Å². The lowest BCUT2D eigenvalue weighted by molar-refractivity contribution is -0.146. The molecule has 2 aliphatic heterocycles. The molecule has 1 aromatic heterocycles. The molecular weight excluding hydrogens is 473 g/mol. The van der Waals surface area contributed by atoms with Crippen LogP contribution in [0, 0.1) is 5.92 Å². The van der Waals surface area contributed by atoms with E-state index in [-0.39, 0.29) is 35.9 Å². The van der Waals surface area contributed by atoms with Gasteiger partial charge >= 0.3 is 5.97 Å². The van der Waals surface area contributed by atoms with Gasteiger partial charge in [0.25, 0.3) is 0 Å². The smallest absolute Gasteiger partial charge is 0.308 e. The van der Waals surface area contributed by atoms with Crippen molar-refractivity contribution in [3.63, 3.8) is 0 Å². The highest BCUT2D eigenvalue weighted by molar-refractivity contribution is 14.0. The zero-order valence-corrected chi connectivity index (χ0v) is 18.9. The van der Waals surface area contributed by atoms with Crippen LogP contribution < -0.4 is 10.2 Å². The van der Waals surface area contributed by atoms with E-state index in [2.05, 4.69) is 31.2 Å². The highest BCUT2D eigenvalue weighted by Gasteiger charge is 2.27. The van der Waals surface area contributed by atoms with Crippen molar-refractivity contribution in [1.82, 2.24) is 15.2 Å². The molecule has 3 heterocycles. The lowest BCUT2D eigenvalue weighted by Crippen LogP contribution is -2.46. The molecular formula is C19H30IN5O3. The molecule has 3 rings (SSSR count). The number of methoxy groups -OCH3 is 1. The predicted molar refractivity (Wildman–Crippen MR) is 119 cm³/mol. The van der Waals surface area contributed by atoms with Crippen LogP contribution in [-0.2, 0) is 20.8 Å². The van der Waals surface area contributed by atoms with Crippen LogP contribution in [0.5, 0.6) is 0 Å². The third-order valence-corrected chi connectivity index (χ3v) is 5.16. The molecule has 0 amide bonds. The van der Waals surface area contributed by atoms with Crippen molar-refractivity contribution in [2.24, 2.45) is 10.9 Å². The van der Waals surface area contributed by atoms with Gasteiger partial charge in [-0.2, -0.15) is 0 Å². The minimum absolute atomic E-state index is 0. The van der Waals surface area contributed by atoms with Gasteiger partial charge < -0.3 is 24.6 Å². The first-order valence-corrected chi connectivity index (χ1v) is 9.53. The van der Waals surface area contributed by atoms with Crippen molar-refractivity contribution in [3.8, 4) is 0 Å². The Morgan fingerprint density at radius 1 is 1.32 bits per heavy atom. The first-order chi connectivity index (χ1) is 13.2. The molecule has 0 radical (unpaired) electrons. The first-order valence-electron chi connectivity index (χ1n) is 9.53. The molecule has 1 aromatic rings. The Bertz CT molecular complexity index is 659. The molecule has 0 spiro atoms. The van der Waals surface area contributed by atoms with Gasteiger partial charge in [0, 0.05) is 51.5 Å². The number of esters is 1. The summed E-state index contributed by atoms with van der Waals surface area (Å²) in [6.07, 6.45) is 3.42. The molecule has 2 aliphatic rings. The maximum absolute atomic E-state index is 11.7. The molecule has 0 unspecified atom stereocenters.